The molecule has 1 aromatic carbocycles. The number of hydrogen-bond acceptors (Lipinski definition) is 5. The van der Waals surface area contributed by atoms with Gasteiger partial charge in [-0.15, -0.1) is 24.8 Å². The SMILES string of the molecule is COCCNCC(=O)NCC(c1cccc(Cl)c1)N1CCOCC1.Cl.Cl. The van der Waals surface area contributed by atoms with E-state index in [-0.39, 0.29) is 43.3 Å². The molecule has 9 heteroatoms. The quantitative estimate of drug-likeness (QED) is 0.588. The van der Waals surface area contributed by atoms with E-state index in [1.54, 1.807) is 7.11 Å². The van der Waals surface area contributed by atoms with E-state index in [9.17, 15) is 4.79 Å². The zero-order valence-electron chi connectivity index (χ0n) is 14.9. The summed E-state index contributed by atoms with van der Waals surface area (Å²) in [6.07, 6.45) is 0. The predicted octanol–water partition coefficient (Wildman–Crippen LogP) is 1.91. The minimum atomic E-state index is -0.0219. The molecule has 1 unspecified atom stereocenters. The van der Waals surface area contributed by atoms with Gasteiger partial charge in [0.05, 0.1) is 32.4 Å². The van der Waals surface area contributed by atoms with Crippen LogP contribution in [-0.2, 0) is 14.3 Å². The molecule has 26 heavy (non-hydrogen) atoms. The van der Waals surface area contributed by atoms with Crippen LogP contribution >= 0.6 is 36.4 Å². The van der Waals surface area contributed by atoms with E-state index in [4.69, 9.17) is 21.1 Å². The Morgan fingerprint density at radius 3 is 2.73 bits per heavy atom. The molecule has 1 saturated heterocycles. The van der Waals surface area contributed by atoms with Crippen molar-refractivity contribution in [2.45, 2.75) is 6.04 Å². The van der Waals surface area contributed by atoms with Gasteiger partial charge in [0.1, 0.15) is 0 Å². The lowest BCUT2D eigenvalue weighted by molar-refractivity contribution is -0.120. The molecule has 2 rings (SSSR count). The van der Waals surface area contributed by atoms with Crippen LogP contribution in [0, 0.1) is 0 Å². The third-order valence-corrected chi connectivity index (χ3v) is 4.22. The Kier molecular flexibility index (Phi) is 14.1. The van der Waals surface area contributed by atoms with Gasteiger partial charge in [-0.1, -0.05) is 23.7 Å². The first-order valence-electron chi connectivity index (χ1n) is 8.24. The van der Waals surface area contributed by atoms with Crippen molar-refractivity contribution in [2.24, 2.45) is 0 Å². The summed E-state index contributed by atoms with van der Waals surface area (Å²) in [5.74, 6) is -0.0219. The lowest BCUT2D eigenvalue weighted by Gasteiger charge is -2.35. The minimum Gasteiger partial charge on any atom is -0.383 e. The molecule has 0 radical (unpaired) electrons. The lowest BCUT2D eigenvalue weighted by Crippen LogP contribution is -2.45. The van der Waals surface area contributed by atoms with E-state index in [2.05, 4.69) is 21.6 Å². The van der Waals surface area contributed by atoms with Crippen LogP contribution in [0.15, 0.2) is 24.3 Å². The van der Waals surface area contributed by atoms with E-state index < -0.39 is 0 Å². The Labute approximate surface area is 172 Å². The molecular formula is C17H28Cl3N3O3. The number of carbonyl (C=O) groups is 1. The van der Waals surface area contributed by atoms with Crippen LogP contribution in [-0.4, -0.2) is 70.5 Å². The van der Waals surface area contributed by atoms with Crippen molar-refractivity contribution in [3.63, 3.8) is 0 Å². The summed E-state index contributed by atoms with van der Waals surface area (Å²) in [7, 11) is 1.64. The molecule has 2 N–H and O–H groups in total. The number of nitrogens with zero attached hydrogens (tertiary/aromatic N) is 1. The van der Waals surface area contributed by atoms with Gasteiger partial charge in [-0.05, 0) is 17.7 Å². The number of amides is 1. The summed E-state index contributed by atoms with van der Waals surface area (Å²) in [5.41, 5.74) is 1.11. The first kappa shape index (κ1) is 25.4. The number of methoxy groups -OCH3 is 1. The first-order valence-corrected chi connectivity index (χ1v) is 8.62. The van der Waals surface area contributed by atoms with Crippen molar-refractivity contribution < 1.29 is 14.3 Å². The zero-order valence-corrected chi connectivity index (χ0v) is 17.3. The normalized spacial score (nSPS) is 15.5. The van der Waals surface area contributed by atoms with Crippen LogP contribution in [0.25, 0.3) is 0 Å². The largest absolute Gasteiger partial charge is 0.383 e. The molecule has 1 aromatic rings. The maximum Gasteiger partial charge on any atom is 0.234 e. The molecule has 1 aliphatic heterocycles. The number of hydrogen-bond donors (Lipinski definition) is 2. The number of rotatable bonds is 9. The van der Waals surface area contributed by atoms with Crippen molar-refractivity contribution in [3.8, 4) is 0 Å². The summed E-state index contributed by atoms with van der Waals surface area (Å²) in [5, 5.41) is 6.76. The van der Waals surface area contributed by atoms with E-state index in [1.807, 2.05) is 18.2 Å². The van der Waals surface area contributed by atoms with Crippen LogP contribution in [0.4, 0.5) is 0 Å². The molecule has 0 bridgehead atoms. The fraction of sp³-hybridized carbons (Fsp3) is 0.588. The monoisotopic (exact) mass is 427 g/mol. The van der Waals surface area contributed by atoms with Crippen molar-refractivity contribution in [2.75, 3.05) is 59.7 Å². The Bertz CT molecular complexity index is 517. The van der Waals surface area contributed by atoms with Gasteiger partial charge in [0.15, 0.2) is 0 Å². The molecule has 0 saturated carbocycles. The molecule has 1 atom stereocenters. The molecule has 6 nitrogen and oxygen atoms in total. The summed E-state index contributed by atoms with van der Waals surface area (Å²) in [4.78, 5) is 14.3. The molecule has 0 aromatic heterocycles. The second-order valence-electron chi connectivity index (χ2n) is 5.69. The molecular weight excluding hydrogens is 401 g/mol. The van der Waals surface area contributed by atoms with Crippen molar-refractivity contribution in [3.05, 3.63) is 34.9 Å². The van der Waals surface area contributed by atoms with Gasteiger partial charge in [0.2, 0.25) is 5.91 Å². The molecule has 1 amide bonds. The number of carbonyl (C=O) groups excluding carboxylic acids is 1. The number of nitrogens with one attached hydrogen (secondary N) is 2. The Morgan fingerprint density at radius 2 is 2.08 bits per heavy atom. The van der Waals surface area contributed by atoms with Gasteiger partial charge in [0.25, 0.3) is 0 Å². The second-order valence-corrected chi connectivity index (χ2v) is 6.13. The standard InChI is InChI=1S/C17H26ClN3O3.2ClH/c1-23-8-5-19-13-17(22)20-12-16(21-6-9-24-10-7-21)14-3-2-4-15(18)11-14;;/h2-4,11,16,19H,5-10,12-13H2,1H3,(H,20,22);2*1H. The predicted molar refractivity (Wildman–Crippen MR) is 109 cm³/mol. The molecule has 1 heterocycles. The third-order valence-electron chi connectivity index (χ3n) is 3.98. The fourth-order valence-corrected chi connectivity index (χ4v) is 2.91. The van der Waals surface area contributed by atoms with Crippen molar-refractivity contribution in [1.82, 2.24) is 15.5 Å². The number of benzene rings is 1. The highest BCUT2D eigenvalue weighted by atomic mass is 35.5. The van der Waals surface area contributed by atoms with Crippen LogP contribution < -0.4 is 10.6 Å². The maximum absolute atomic E-state index is 12.0. The summed E-state index contributed by atoms with van der Waals surface area (Å²) in [6, 6.07) is 7.91. The highest BCUT2D eigenvalue weighted by molar-refractivity contribution is 6.30. The van der Waals surface area contributed by atoms with Crippen LogP contribution in [0.3, 0.4) is 0 Å². The molecule has 150 valence electrons. The Morgan fingerprint density at radius 1 is 1.35 bits per heavy atom. The van der Waals surface area contributed by atoms with Crippen LogP contribution in [0.2, 0.25) is 5.02 Å². The zero-order chi connectivity index (χ0) is 17.2. The van der Waals surface area contributed by atoms with E-state index >= 15 is 0 Å². The first-order chi connectivity index (χ1) is 11.7. The van der Waals surface area contributed by atoms with Gasteiger partial charge in [-0.3, -0.25) is 9.69 Å². The van der Waals surface area contributed by atoms with Gasteiger partial charge in [0, 0.05) is 38.3 Å². The second kappa shape index (κ2) is 14.5. The van der Waals surface area contributed by atoms with Crippen molar-refractivity contribution in [1.29, 1.82) is 0 Å². The van der Waals surface area contributed by atoms with Gasteiger partial charge in [-0.2, -0.15) is 0 Å². The molecule has 0 aliphatic carbocycles. The highest BCUT2D eigenvalue weighted by Gasteiger charge is 2.23. The summed E-state index contributed by atoms with van der Waals surface area (Å²) in [6.45, 7) is 5.20. The maximum atomic E-state index is 12.0. The topological polar surface area (TPSA) is 62.8 Å². The van der Waals surface area contributed by atoms with Gasteiger partial charge in [-0.25, -0.2) is 0 Å². The molecule has 1 aliphatic rings. The molecule has 1 fully saturated rings. The number of morpholine rings is 1. The third kappa shape index (κ3) is 8.86. The average Bonchev–Trinajstić information content (AvgIpc) is 2.60. The lowest BCUT2D eigenvalue weighted by atomic mass is 10.0. The van der Waals surface area contributed by atoms with E-state index in [1.165, 1.54) is 0 Å². The number of ether oxygens (including phenoxy) is 2. The van der Waals surface area contributed by atoms with Crippen molar-refractivity contribution >= 4 is 42.3 Å². The van der Waals surface area contributed by atoms with E-state index in [0.29, 0.717) is 37.9 Å². The van der Waals surface area contributed by atoms with Crippen LogP contribution in [0.5, 0.6) is 0 Å². The average molecular weight is 429 g/mol. The minimum absolute atomic E-state index is 0. The van der Waals surface area contributed by atoms with Gasteiger partial charge >= 0.3 is 0 Å². The highest BCUT2D eigenvalue weighted by Crippen LogP contribution is 2.23. The van der Waals surface area contributed by atoms with E-state index in [0.717, 1.165) is 18.7 Å². The van der Waals surface area contributed by atoms with Crippen LogP contribution in [0.1, 0.15) is 11.6 Å². The molecule has 0 spiro atoms. The smallest absolute Gasteiger partial charge is 0.234 e. The summed E-state index contributed by atoms with van der Waals surface area (Å²) < 4.78 is 10.4. The number of halogens is 3. The summed E-state index contributed by atoms with van der Waals surface area (Å²) >= 11 is 6.14. The van der Waals surface area contributed by atoms with Gasteiger partial charge < -0.3 is 20.1 Å². The Hall–Kier alpha value is -0.600. The fourth-order valence-electron chi connectivity index (χ4n) is 2.71. The Balaban J connectivity index is 0.00000312.